The molecule has 2 unspecified atom stereocenters. The van der Waals surface area contributed by atoms with E-state index in [4.69, 9.17) is 0 Å². The molecule has 0 rings (SSSR count). The van der Waals surface area contributed by atoms with E-state index in [2.05, 4.69) is 38.0 Å². The Balaban J connectivity index is 3.83. The first-order valence-corrected chi connectivity index (χ1v) is 5.95. The van der Waals surface area contributed by atoms with E-state index in [0.717, 1.165) is 25.4 Å². The first-order chi connectivity index (χ1) is 6.97. The Bertz CT molecular complexity index is 158. The van der Waals surface area contributed by atoms with Gasteiger partial charge in [0.15, 0.2) is 0 Å². The maximum absolute atomic E-state index is 9.25. The van der Waals surface area contributed by atoms with E-state index in [1.807, 2.05) is 7.05 Å². The summed E-state index contributed by atoms with van der Waals surface area (Å²) < 4.78 is 0. The summed E-state index contributed by atoms with van der Waals surface area (Å²) in [5.74, 6) is 0.755. The van der Waals surface area contributed by atoms with Gasteiger partial charge < -0.3 is 15.3 Å². The van der Waals surface area contributed by atoms with Crippen LogP contribution < -0.4 is 5.32 Å². The predicted octanol–water partition coefficient (Wildman–Crippen LogP) is 1.32. The second-order valence-corrected chi connectivity index (χ2v) is 4.99. The van der Waals surface area contributed by atoms with Gasteiger partial charge in [-0.1, -0.05) is 20.3 Å². The summed E-state index contributed by atoms with van der Waals surface area (Å²) in [5, 5.41) is 12.4. The Hall–Kier alpha value is -0.120. The predicted molar refractivity (Wildman–Crippen MR) is 66.1 cm³/mol. The number of aliphatic hydroxyl groups excluding tert-OH is 1. The molecule has 0 aromatic rings. The molecule has 0 aliphatic carbocycles. The average molecular weight is 216 g/mol. The Morgan fingerprint density at radius 2 is 2.07 bits per heavy atom. The molecule has 0 aromatic carbocycles. The summed E-state index contributed by atoms with van der Waals surface area (Å²) in [4.78, 5) is 2.35. The van der Waals surface area contributed by atoms with Gasteiger partial charge in [0.1, 0.15) is 0 Å². The van der Waals surface area contributed by atoms with Crippen molar-refractivity contribution in [2.24, 2.45) is 5.92 Å². The van der Waals surface area contributed by atoms with Gasteiger partial charge in [0, 0.05) is 12.1 Å². The zero-order valence-electron chi connectivity index (χ0n) is 11.0. The monoisotopic (exact) mass is 216 g/mol. The lowest BCUT2D eigenvalue weighted by atomic mass is 9.99. The van der Waals surface area contributed by atoms with Gasteiger partial charge in [0.05, 0.1) is 6.61 Å². The molecule has 2 N–H and O–H groups in total. The van der Waals surface area contributed by atoms with Crippen LogP contribution in [0.5, 0.6) is 0 Å². The minimum atomic E-state index is -0.135. The van der Waals surface area contributed by atoms with Crippen LogP contribution in [-0.2, 0) is 0 Å². The van der Waals surface area contributed by atoms with E-state index >= 15 is 0 Å². The molecule has 0 heterocycles. The van der Waals surface area contributed by atoms with Gasteiger partial charge in [-0.05, 0) is 39.9 Å². The van der Waals surface area contributed by atoms with Crippen LogP contribution >= 0.6 is 0 Å². The third kappa shape index (κ3) is 6.13. The van der Waals surface area contributed by atoms with Gasteiger partial charge in [-0.3, -0.25) is 0 Å². The van der Waals surface area contributed by atoms with Crippen LogP contribution in [0.25, 0.3) is 0 Å². The lowest BCUT2D eigenvalue weighted by molar-refractivity contribution is 0.154. The van der Waals surface area contributed by atoms with Crippen LogP contribution in [0.3, 0.4) is 0 Å². The second-order valence-electron chi connectivity index (χ2n) is 4.99. The Kier molecular flexibility index (Phi) is 7.14. The molecule has 0 fully saturated rings. The van der Waals surface area contributed by atoms with Crippen molar-refractivity contribution in [3.05, 3.63) is 0 Å². The topological polar surface area (TPSA) is 35.5 Å². The molecule has 0 aromatic heterocycles. The highest BCUT2D eigenvalue weighted by molar-refractivity contribution is 4.81. The summed E-state index contributed by atoms with van der Waals surface area (Å²) in [6.07, 6.45) is 2.21. The van der Waals surface area contributed by atoms with Gasteiger partial charge in [0.2, 0.25) is 0 Å². The quantitative estimate of drug-likeness (QED) is 0.642. The largest absolute Gasteiger partial charge is 0.394 e. The smallest absolute Gasteiger partial charge is 0.0610 e. The third-order valence-electron chi connectivity index (χ3n) is 3.32. The van der Waals surface area contributed by atoms with Crippen molar-refractivity contribution in [3.63, 3.8) is 0 Å². The molecule has 0 aliphatic heterocycles. The van der Waals surface area contributed by atoms with Gasteiger partial charge >= 0.3 is 0 Å². The average Bonchev–Trinajstić information content (AvgIpc) is 2.25. The van der Waals surface area contributed by atoms with Crippen LogP contribution in [0.2, 0.25) is 0 Å². The van der Waals surface area contributed by atoms with Gasteiger partial charge in [0.25, 0.3) is 0 Å². The Morgan fingerprint density at radius 1 is 1.47 bits per heavy atom. The number of hydrogen-bond donors (Lipinski definition) is 2. The van der Waals surface area contributed by atoms with Crippen molar-refractivity contribution < 1.29 is 5.11 Å². The van der Waals surface area contributed by atoms with Gasteiger partial charge in [-0.25, -0.2) is 0 Å². The van der Waals surface area contributed by atoms with Gasteiger partial charge in [-0.2, -0.15) is 0 Å². The SMILES string of the molecule is CCC(C)CN(C)CCC(C)(CO)NC. The lowest BCUT2D eigenvalue weighted by Gasteiger charge is -2.30. The molecule has 0 amide bonds. The minimum absolute atomic E-state index is 0.135. The van der Waals surface area contributed by atoms with Crippen molar-refractivity contribution in [1.29, 1.82) is 0 Å². The number of rotatable bonds is 8. The first kappa shape index (κ1) is 14.9. The molecule has 0 bridgehead atoms. The fraction of sp³-hybridized carbons (Fsp3) is 1.00. The minimum Gasteiger partial charge on any atom is -0.394 e. The number of aliphatic hydroxyl groups is 1. The number of likely N-dealkylation sites (N-methyl/N-ethyl adjacent to an activating group) is 1. The van der Waals surface area contributed by atoms with E-state index in [-0.39, 0.29) is 12.1 Å². The molecule has 3 nitrogen and oxygen atoms in total. The highest BCUT2D eigenvalue weighted by Gasteiger charge is 2.20. The van der Waals surface area contributed by atoms with E-state index in [9.17, 15) is 5.11 Å². The second kappa shape index (κ2) is 7.20. The molecule has 3 heteroatoms. The van der Waals surface area contributed by atoms with Crippen LogP contribution in [0.4, 0.5) is 0 Å². The first-order valence-electron chi connectivity index (χ1n) is 5.95. The third-order valence-corrected chi connectivity index (χ3v) is 3.32. The van der Waals surface area contributed by atoms with Gasteiger partial charge in [-0.15, -0.1) is 0 Å². The molecule has 92 valence electrons. The summed E-state index contributed by atoms with van der Waals surface area (Å²) in [5.41, 5.74) is -0.135. The number of nitrogens with zero attached hydrogens (tertiary/aromatic N) is 1. The fourth-order valence-corrected chi connectivity index (χ4v) is 1.47. The number of nitrogens with one attached hydrogen (secondary N) is 1. The van der Waals surface area contributed by atoms with Crippen LogP contribution in [0.1, 0.15) is 33.6 Å². The Morgan fingerprint density at radius 3 is 2.47 bits per heavy atom. The van der Waals surface area contributed by atoms with Crippen molar-refractivity contribution in [2.75, 3.05) is 33.8 Å². The zero-order valence-corrected chi connectivity index (χ0v) is 11.0. The van der Waals surface area contributed by atoms with Crippen molar-refractivity contribution in [1.82, 2.24) is 10.2 Å². The van der Waals surface area contributed by atoms with Crippen molar-refractivity contribution in [3.8, 4) is 0 Å². The fourth-order valence-electron chi connectivity index (χ4n) is 1.47. The molecule has 0 radical (unpaired) electrons. The summed E-state index contributed by atoms with van der Waals surface area (Å²) in [7, 11) is 4.06. The highest BCUT2D eigenvalue weighted by atomic mass is 16.3. The highest BCUT2D eigenvalue weighted by Crippen LogP contribution is 2.10. The van der Waals surface area contributed by atoms with Crippen LogP contribution in [-0.4, -0.2) is 49.3 Å². The molecular weight excluding hydrogens is 188 g/mol. The lowest BCUT2D eigenvalue weighted by Crippen LogP contribution is -2.46. The van der Waals surface area contributed by atoms with Crippen molar-refractivity contribution in [2.45, 2.75) is 39.2 Å². The van der Waals surface area contributed by atoms with E-state index in [1.54, 1.807) is 0 Å². The number of hydrogen-bond acceptors (Lipinski definition) is 3. The van der Waals surface area contributed by atoms with Crippen molar-refractivity contribution >= 4 is 0 Å². The van der Waals surface area contributed by atoms with E-state index < -0.39 is 0 Å². The van der Waals surface area contributed by atoms with Crippen LogP contribution in [0.15, 0.2) is 0 Å². The molecular formula is C12H28N2O. The zero-order chi connectivity index (χ0) is 11.9. The standard InChI is InChI=1S/C12H28N2O/c1-6-11(2)9-14(5)8-7-12(3,10-15)13-4/h11,13,15H,6-10H2,1-5H3. The normalized spacial score (nSPS) is 17.8. The summed E-state index contributed by atoms with van der Waals surface area (Å²) in [6, 6.07) is 0. The van der Waals surface area contributed by atoms with E-state index in [1.165, 1.54) is 6.42 Å². The maximum atomic E-state index is 9.25. The molecule has 15 heavy (non-hydrogen) atoms. The van der Waals surface area contributed by atoms with Crippen LogP contribution in [0, 0.1) is 5.92 Å². The molecule has 0 saturated heterocycles. The molecule has 0 spiro atoms. The molecule has 0 saturated carbocycles. The molecule has 2 atom stereocenters. The maximum Gasteiger partial charge on any atom is 0.0610 e. The van der Waals surface area contributed by atoms with E-state index in [0.29, 0.717) is 0 Å². The summed E-state index contributed by atoms with van der Waals surface area (Å²) >= 11 is 0. The Labute approximate surface area is 94.9 Å². The molecule has 0 aliphatic rings. The summed E-state index contributed by atoms with van der Waals surface area (Å²) in [6.45, 7) is 8.93.